The second-order valence-corrected chi connectivity index (χ2v) is 7.73. The van der Waals surface area contributed by atoms with E-state index < -0.39 is 14.7 Å². The molecule has 1 aromatic rings. The molecule has 0 heterocycles. The summed E-state index contributed by atoms with van der Waals surface area (Å²) in [7, 11) is -3.12. The highest BCUT2D eigenvalue weighted by atomic mass is 28.4. The molecular weight excluding hydrogens is 326 g/mol. The highest BCUT2D eigenvalue weighted by Gasteiger charge is 2.44. The van der Waals surface area contributed by atoms with Crippen molar-refractivity contribution in [1.29, 1.82) is 0 Å². The van der Waals surface area contributed by atoms with Crippen molar-refractivity contribution in [2.75, 3.05) is 19.8 Å². The van der Waals surface area contributed by atoms with Crippen molar-refractivity contribution in [3.63, 3.8) is 0 Å². The van der Waals surface area contributed by atoms with Gasteiger partial charge < -0.3 is 13.3 Å². The number of amides is 1. The van der Waals surface area contributed by atoms with Crippen LogP contribution in [0.4, 0.5) is 0 Å². The lowest BCUT2D eigenvalue weighted by atomic mass is 10.2. The minimum Gasteiger partial charge on any atom is -0.370 e. The smallest absolute Gasteiger partial charge is 0.370 e. The normalized spacial score (nSPS) is 11.1. The topological polar surface area (TPSA) is 93.5 Å². The molecule has 8 heteroatoms. The Morgan fingerprint density at radius 1 is 1.08 bits per heavy atom. The fourth-order valence-corrected chi connectivity index (χ4v) is 4.83. The lowest BCUT2D eigenvalue weighted by Crippen LogP contribution is -2.57. The van der Waals surface area contributed by atoms with Crippen LogP contribution in [-0.2, 0) is 13.3 Å². The average molecular weight is 351 g/mol. The monoisotopic (exact) mass is 351 g/mol. The SMILES string of the molecule is CCCO[Si](OCCC)(OCCC)c1cccc(C(=O)N=[N+]=[N-])c1. The van der Waals surface area contributed by atoms with Crippen LogP contribution in [0.2, 0.25) is 0 Å². The van der Waals surface area contributed by atoms with Gasteiger partial charge >= 0.3 is 8.80 Å². The number of rotatable bonds is 11. The molecule has 7 nitrogen and oxygen atoms in total. The molecule has 0 atom stereocenters. The molecule has 0 unspecified atom stereocenters. The summed E-state index contributed by atoms with van der Waals surface area (Å²) >= 11 is 0. The molecule has 1 amide bonds. The molecule has 24 heavy (non-hydrogen) atoms. The van der Waals surface area contributed by atoms with Gasteiger partial charge in [0.2, 0.25) is 5.91 Å². The average Bonchev–Trinajstić information content (AvgIpc) is 2.62. The van der Waals surface area contributed by atoms with Gasteiger partial charge in [0.25, 0.3) is 0 Å². The highest BCUT2D eigenvalue weighted by molar-refractivity contribution is 6.75. The Kier molecular flexibility index (Phi) is 9.29. The maximum Gasteiger partial charge on any atom is 0.537 e. The van der Waals surface area contributed by atoms with Gasteiger partial charge in [0, 0.05) is 35.5 Å². The van der Waals surface area contributed by atoms with Crippen LogP contribution < -0.4 is 5.19 Å². The summed E-state index contributed by atoms with van der Waals surface area (Å²) in [6.45, 7) is 7.57. The van der Waals surface area contributed by atoms with Gasteiger partial charge in [-0.05, 0) is 36.0 Å². The summed E-state index contributed by atoms with van der Waals surface area (Å²) in [4.78, 5) is 14.4. The first-order chi connectivity index (χ1) is 11.6. The van der Waals surface area contributed by atoms with E-state index in [1.807, 2.05) is 26.8 Å². The van der Waals surface area contributed by atoms with Crippen molar-refractivity contribution >= 4 is 19.9 Å². The second kappa shape index (κ2) is 11.0. The third-order valence-electron chi connectivity index (χ3n) is 3.09. The molecule has 1 aromatic carbocycles. The number of hydrogen-bond acceptors (Lipinski definition) is 4. The predicted molar refractivity (Wildman–Crippen MR) is 94.0 cm³/mol. The minimum atomic E-state index is -3.12. The lowest BCUT2D eigenvalue weighted by molar-refractivity contribution is 0.0732. The van der Waals surface area contributed by atoms with Gasteiger partial charge in [-0.2, -0.15) is 0 Å². The quantitative estimate of drug-likeness (QED) is 0.264. The molecule has 0 bridgehead atoms. The van der Waals surface area contributed by atoms with Crippen LogP contribution in [0.25, 0.3) is 10.4 Å². The highest BCUT2D eigenvalue weighted by Crippen LogP contribution is 2.14. The van der Waals surface area contributed by atoms with Gasteiger partial charge in [-0.25, -0.2) is 0 Å². The maximum atomic E-state index is 11.8. The summed E-state index contributed by atoms with van der Waals surface area (Å²) in [5.74, 6) is -0.635. The molecule has 0 saturated heterocycles. The van der Waals surface area contributed by atoms with Crippen LogP contribution in [0.5, 0.6) is 0 Å². The fraction of sp³-hybridized carbons (Fsp3) is 0.562. The van der Waals surface area contributed by atoms with Gasteiger partial charge in [-0.3, -0.25) is 4.79 Å². The van der Waals surface area contributed by atoms with E-state index in [1.54, 1.807) is 18.2 Å². The van der Waals surface area contributed by atoms with Crippen molar-refractivity contribution in [2.45, 2.75) is 40.0 Å². The number of benzene rings is 1. The molecular formula is C16H25N3O4Si. The zero-order valence-corrected chi connectivity index (χ0v) is 15.5. The maximum absolute atomic E-state index is 11.8. The van der Waals surface area contributed by atoms with Crippen LogP contribution in [-0.4, -0.2) is 34.5 Å². The Labute approximate surface area is 143 Å². The Bertz CT molecular complexity index is 554. The number of azide groups is 1. The summed E-state index contributed by atoms with van der Waals surface area (Å²) in [5.41, 5.74) is 8.74. The van der Waals surface area contributed by atoms with E-state index in [9.17, 15) is 4.79 Å². The van der Waals surface area contributed by atoms with Gasteiger partial charge in [-0.1, -0.05) is 39.0 Å². The van der Waals surface area contributed by atoms with Crippen LogP contribution in [0.15, 0.2) is 29.4 Å². The summed E-state index contributed by atoms with van der Waals surface area (Å²) in [5, 5.41) is 3.84. The number of nitrogens with zero attached hydrogens (tertiary/aromatic N) is 3. The first kappa shape index (κ1) is 20.3. The van der Waals surface area contributed by atoms with E-state index in [0.29, 0.717) is 30.6 Å². The molecule has 0 aliphatic carbocycles. The molecule has 0 fully saturated rings. The zero-order valence-electron chi connectivity index (χ0n) is 14.5. The van der Waals surface area contributed by atoms with E-state index in [4.69, 9.17) is 18.8 Å². The number of carbonyl (C=O) groups excluding carboxylic acids is 1. The van der Waals surface area contributed by atoms with E-state index in [-0.39, 0.29) is 0 Å². The standard InChI is InChI=1S/C16H25N3O4Si/c1-4-10-21-24(22-11-5-2,23-12-6-3)15-9-7-8-14(13-15)16(20)18-19-17/h7-9,13H,4-6,10-12H2,1-3H3. The Morgan fingerprint density at radius 3 is 2.08 bits per heavy atom. The largest absolute Gasteiger partial charge is 0.537 e. The molecule has 0 saturated carbocycles. The van der Waals surface area contributed by atoms with Crippen molar-refractivity contribution in [1.82, 2.24) is 0 Å². The molecule has 0 N–H and O–H groups in total. The lowest BCUT2D eigenvalue weighted by Gasteiger charge is -2.30. The first-order valence-corrected chi connectivity index (χ1v) is 9.97. The third kappa shape index (κ3) is 5.74. The van der Waals surface area contributed by atoms with E-state index in [1.165, 1.54) is 0 Å². The molecule has 1 rings (SSSR count). The van der Waals surface area contributed by atoms with Crippen LogP contribution >= 0.6 is 0 Å². The van der Waals surface area contributed by atoms with Gasteiger partial charge in [-0.15, -0.1) is 0 Å². The zero-order chi connectivity index (χ0) is 17.8. The van der Waals surface area contributed by atoms with Gasteiger partial charge in [0.05, 0.1) is 0 Å². The number of hydrogen-bond donors (Lipinski definition) is 0. The van der Waals surface area contributed by atoms with Crippen molar-refractivity contribution in [2.24, 2.45) is 5.11 Å². The number of carbonyl (C=O) groups is 1. The first-order valence-electron chi connectivity index (χ1n) is 8.25. The van der Waals surface area contributed by atoms with Crippen LogP contribution in [0.1, 0.15) is 50.4 Å². The third-order valence-corrected chi connectivity index (χ3v) is 5.86. The van der Waals surface area contributed by atoms with Crippen molar-refractivity contribution in [3.05, 3.63) is 40.3 Å². The van der Waals surface area contributed by atoms with Crippen molar-refractivity contribution < 1.29 is 18.1 Å². The van der Waals surface area contributed by atoms with E-state index in [2.05, 4.69) is 10.0 Å². The summed E-state index contributed by atoms with van der Waals surface area (Å²) < 4.78 is 18.1. The van der Waals surface area contributed by atoms with Crippen LogP contribution in [0, 0.1) is 0 Å². The van der Waals surface area contributed by atoms with E-state index >= 15 is 0 Å². The molecule has 132 valence electrons. The Hall–Kier alpha value is -1.70. The fourth-order valence-electron chi connectivity index (χ4n) is 2.03. The van der Waals surface area contributed by atoms with Gasteiger partial charge in [0.15, 0.2) is 0 Å². The van der Waals surface area contributed by atoms with Crippen LogP contribution in [0.3, 0.4) is 0 Å². The summed E-state index contributed by atoms with van der Waals surface area (Å²) in [6, 6.07) is 6.79. The molecule has 0 aliphatic heterocycles. The molecule has 0 aliphatic rings. The molecule has 0 aromatic heterocycles. The Morgan fingerprint density at radius 2 is 1.62 bits per heavy atom. The predicted octanol–water partition coefficient (Wildman–Crippen LogP) is 3.56. The molecule has 0 spiro atoms. The minimum absolute atomic E-state index is 0.294. The summed E-state index contributed by atoms with van der Waals surface area (Å²) in [6.07, 6.45) is 2.49. The Balaban J connectivity index is 3.25. The molecule has 0 radical (unpaired) electrons. The second-order valence-electron chi connectivity index (χ2n) is 5.18. The van der Waals surface area contributed by atoms with E-state index in [0.717, 1.165) is 19.3 Å². The van der Waals surface area contributed by atoms with Gasteiger partial charge in [0.1, 0.15) is 0 Å². The van der Waals surface area contributed by atoms with Crippen molar-refractivity contribution in [3.8, 4) is 0 Å².